The molecule has 0 bridgehead atoms. The Kier molecular flexibility index (Phi) is 7.24. The fraction of sp³-hybridized carbons (Fsp3) is 0.419. The van der Waals surface area contributed by atoms with Gasteiger partial charge in [-0.1, -0.05) is 85.3 Å². The first-order chi connectivity index (χ1) is 16.3. The molecule has 0 saturated carbocycles. The predicted molar refractivity (Wildman–Crippen MR) is 139 cm³/mol. The van der Waals surface area contributed by atoms with Crippen LogP contribution < -0.4 is 0 Å². The Morgan fingerprint density at radius 1 is 0.697 bits per heavy atom. The van der Waals surface area contributed by atoms with Gasteiger partial charge in [0.2, 0.25) is 0 Å². The molecule has 2 saturated heterocycles. The third-order valence-corrected chi connectivity index (χ3v) is 7.76. The molecule has 2 aliphatic heterocycles. The molecule has 2 heterocycles. The second kappa shape index (κ2) is 10.7. The third kappa shape index (κ3) is 5.57. The zero-order chi connectivity index (χ0) is 22.5. The van der Waals surface area contributed by atoms with Gasteiger partial charge in [0.1, 0.15) is 0 Å². The van der Waals surface area contributed by atoms with Gasteiger partial charge in [-0.15, -0.1) is 0 Å². The van der Waals surface area contributed by atoms with Crippen LogP contribution in [0.2, 0.25) is 0 Å². The first-order valence-corrected chi connectivity index (χ1v) is 13.0. The molecule has 2 nitrogen and oxygen atoms in total. The Hall–Kier alpha value is -2.42. The van der Waals surface area contributed by atoms with Crippen molar-refractivity contribution in [1.29, 1.82) is 0 Å². The van der Waals surface area contributed by atoms with Crippen molar-refractivity contribution < 1.29 is 0 Å². The van der Waals surface area contributed by atoms with Crippen LogP contribution in [-0.4, -0.2) is 35.5 Å². The average Bonchev–Trinajstić information content (AvgIpc) is 3.28. The number of rotatable bonds is 7. The summed E-state index contributed by atoms with van der Waals surface area (Å²) in [6.45, 7) is 7.12. The van der Waals surface area contributed by atoms with E-state index in [1.165, 1.54) is 79.6 Å². The molecule has 3 aromatic rings. The fourth-order valence-corrected chi connectivity index (χ4v) is 5.69. The summed E-state index contributed by atoms with van der Waals surface area (Å²) in [6, 6.07) is 30.8. The molecule has 0 N–H and O–H groups in total. The maximum absolute atomic E-state index is 2.71. The number of hydrogen-bond donors (Lipinski definition) is 0. The molecule has 0 aromatic heterocycles. The van der Waals surface area contributed by atoms with Gasteiger partial charge in [-0.25, -0.2) is 0 Å². The van der Waals surface area contributed by atoms with Gasteiger partial charge in [0, 0.05) is 18.6 Å². The summed E-state index contributed by atoms with van der Waals surface area (Å²) in [7, 11) is 0. The minimum absolute atomic E-state index is 0.464. The Morgan fingerprint density at radius 2 is 1.36 bits per heavy atom. The second-order valence-corrected chi connectivity index (χ2v) is 10.1. The zero-order valence-corrected chi connectivity index (χ0v) is 20.1. The standard InChI is InChI=1S/C31H38N2/c1-25-9-8-22-33(25)24-27-12-14-28(15-13-27)29-16-18-30(19-17-29)31(32-20-6-3-7-21-32)23-26-10-4-2-5-11-26/h2,4-5,10-19,25,31H,3,6-9,20-24H2,1H3/t25-,31?/m1/s1. The maximum Gasteiger partial charge on any atom is 0.0388 e. The molecule has 2 heteroatoms. The third-order valence-electron chi connectivity index (χ3n) is 7.76. The molecule has 3 aromatic carbocycles. The largest absolute Gasteiger partial charge is 0.296 e. The van der Waals surface area contributed by atoms with Gasteiger partial charge >= 0.3 is 0 Å². The van der Waals surface area contributed by atoms with Gasteiger partial charge in [0.25, 0.3) is 0 Å². The van der Waals surface area contributed by atoms with Crippen LogP contribution >= 0.6 is 0 Å². The first kappa shape index (κ1) is 22.4. The van der Waals surface area contributed by atoms with Crippen LogP contribution in [0.25, 0.3) is 11.1 Å². The van der Waals surface area contributed by atoms with Crippen molar-refractivity contribution in [2.75, 3.05) is 19.6 Å². The van der Waals surface area contributed by atoms with Crippen molar-refractivity contribution >= 4 is 0 Å². The van der Waals surface area contributed by atoms with E-state index >= 15 is 0 Å². The molecule has 33 heavy (non-hydrogen) atoms. The highest BCUT2D eigenvalue weighted by Gasteiger charge is 2.23. The number of hydrogen-bond acceptors (Lipinski definition) is 2. The molecular weight excluding hydrogens is 400 g/mol. The van der Waals surface area contributed by atoms with Gasteiger partial charge in [0.05, 0.1) is 0 Å². The lowest BCUT2D eigenvalue weighted by atomic mass is 9.93. The molecule has 2 aliphatic rings. The topological polar surface area (TPSA) is 6.48 Å². The summed E-state index contributed by atoms with van der Waals surface area (Å²) < 4.78 is 0. The van der Waals surface area contributed by atoms with Crippen molar-refractivity contribution in [2.45, 2.75) is 64.1 Å². The van der Waals surface area contributed by atoms with Crippen LogP contribution in [0.1, 0.15) is 61.8 Å². The summed E-state index contributed by atoms with van der Waals surface area (Å²) in [6.07, 6.45) is 7.79. The van der Waals surface area contributed by atoms with E-state index in [0.717, 1.165) is 19.0 Å². The highest BCUT2D eigenvalue weighted by Crippen LogP contribution is 2.30. The smallest absolute Gasteiger partial charge is 0.0388 e. The van der Waals surface area contributed by atoms with Crippen LogP contribution in [-0.2, 0) is 13.0 Å². The van der Waals surface area contributed by atoms with E-state index in [-0.39, 0.29) is 0 Å². The van der Waals surface area contributed by atoms with E-state index < -0.39 is 0 Å². The minimum Gasteiger partial charge on any atom is -0.296 e. The molecular formula is C31H38N2. The molecule has 0 amide bonds. The highest BCUT2D eigenvalue weighted by atomic mass is 15.2. The van der Waals surface area contributed by atoms with Gasteiger partial charge in [0.15, 0.2) is 0 Å². The van der Waals surface area contributed by atoms with E-state index in [2.05, 4.69) is 95.6 Å². The van der Waals surface area contributed by atoms with Crippen molar-refractivity contribution in [2.24, 2.45) is 0 Å². The van der Waals surface area contributed by atoms with E-state index in [9.17, 15) is 0 Å². The number of nitrogens with zero attached hydrogens (tertiary/aromatic N) is 2. The van der Waals surface area contributed by atoms with E-state index in [4.69, 9.17) is 0 Å². The summed E-state index contributed by atoms with van der Waals surface area (Å²) in [4.78, 5) is 5.32. The van der Waals surface area contributed by atoms with Crippen LogP contribution in [0.15, 0.2) is 78.9 Å². The predicted octanol–water partition coefficient (Wildman–Crippen LogP) is 7.11. The summed E-state index contributed by atoms with van der Waals surface area (Å²) in [5.41, 5.74) is 6.94. The molecule has 1 unspecified atom stereocenters. The number of likely N-dealkylation sites (tertiary alicyclic amines) is 2. The number of piperidine rings is 1. The molecule has 0 aliphatic carbocycles. The lowest BCUT2D eigenvalue weighted by Gasteiger charge is -2.35. The van der Waals surface area contributed by atoms with Gasteiger partial charge < -0.3 is 0 Å². The summed E-state index contributed by atoms with van der Waals surface area (Å²) in [5.74, 6) is 0. The molecule has 172 valence electrons. The van der Waals surface area contributed by atoms with Gasteiger partial charge in [-0.3, -0.25) is 9.80 Å². The maximum atomic E-state index is 2.71. The SMILES string of the molecule is C[C@@H]1CCCN1Cc1ccc(-c2ccc(C(Cc3ccccc3)N3CCCCC3)cc2)cc1. The van der Waals surface area contributed by atoms with Crippen molar-refractivity contribution in [1.82, 2.24) is 9.80 Å². The lowest BCUT2D eigenvalue weighted by molar-refractivity contribution is 0.162. The fourth-order valence-electron chi connectivity index (χ4n) is 5.69. The Morgan fingerprint density at radius 3 is 2.00 bits per heavy atom. The Bertz CT molecular complexity index is 987. The van der Waals surface area contributed by atoms with Crippen molar-refractivity contribution in [3.63, 3.8) is 0 Å². The van der Waals surface area contributed by atoms with E-state index in [1.807, 2.05) is 0 Å². The molecule has 2 atom stereocenters. The molecule has 0 radical (unpaired) electrons. The van der Waals surface area contributed by atoms with Crippen LogP contribution in [0.5, 0.6) is 0 Å². The zero-order valence-electron chi connectivity index (χ0n) is 20.1. The lowest BCUT2D eigenvalue weighted by Crippen LogP contribution is -2.34. The molecule has 5 rings (SSSR count). The normalized spacial score (nSPS) is 20.7. The van der Waals surface area contributed by atoms with Gasteiger partial charge in [-0.05, 0) is 86.5 Å². The van der Waals surface area contributed by atoms with E-state index in [1.54, 1.807) is 0 Å². The van der Waals surface area contributed by atoms with Crippen molar-refractivity contribution in [3.05, 3.63) is 95.6 Å². The first-order valence-electron chi connectivity index (χ1n) is 13.0. The minimum atomic E-state index is 0.464. The monoisotopic (exact) mass is 438 g/mol. The summed E-state index contributed by atoms with van der Waals surface area (Å²) >= 11 is 0. The molecule has 2 fully saturated rings. The molecule has 0 spiro atoms. The van der Waals surface area contributed by atoms with Crippen LogP contribution in [0.4, 0.5) is 0 Å². The highest BCUT2D eigenvalue weighted by molar-refractivity contribution is 5.64. The Balaban J connectivity index is 1.31. The van der Waals surface area contributed by atoms with Crippen LogP contribution in [0, 0.1) is 0 Å². The van der Waals surface area contributed by atoms with Crippen LogP contribution in [0.3, 0.4) is 0 Å². The van der Waals surface area contributed by atoms with Gasteiger partial charge in [-0.2, -0.15) is 0 Å². The van der Waals surface area contributed by atoms with Crippen molar-refractivity contribution in [3.8, 4) is 11.1 Å². The second-order valence-electron chi connectivity index (χ2n) is 10.1. The Labute approximate surface area is 200 Å². The van der Waals surface area contributed by atoms with E-state index in [0.29, 0.717) is 6.04 Å². The average molecular weight is 439 g/mol. The number of benzene rings is 3. The summed E-state index contributed by atoms with van der Waals surface area (Å²) in [5, 5.41) is 0. The quantitative estimate of drug-likeness (QED) is 0.388.